The average Bonchev–Trinajstić information content (AvgIpc) is 3.03. The number of hydrogen-bond acceptors (Lipinski definition) is 5. The van der Waals surface area contributed by atoms with Crippen LogP contribution in [0, 0.1) is 0 Å². The number of nitrogens with zero attached hydrogens (tertiary/aromatic N) is 1. The molecular formula is C16H21ClN4O2S. The van der Waals surface area contributed by atoms with Crippen LogP contribution in [0.15, 0.2) is 29.6 Å². The summed E-state index contributed by atoms with van der Waals surface area (Å²) in [5, 5.41) is 8.07. The van der Waals surface area contributed by atoms with Crippen LogP contribution in [0.2, 0.25) is 0 Å². The summed E-state index contributed by atoms with van der Waals surface area (Å²) >= 11 is 1.37. The Morgan fingerprint density at radius 1 is 1.25 bits per heavy atom. The van der Waals surface area contributed by atoms with Crippen molar-refractivity contribution in [1.82, 2.24) is 10.3 Å². The van der Waals surface area contributed by atoms with Crippen LogP contribution in [0.5, 0.6) is 0 Å². The van der Waals surface area contributed by atoms with Crippen molar-refractivity contribution in [2.45, 2.75) is 32.9 Å². The second-order valence-electron chi connectivity index (χ2n) is 5.01. The first-order chi connectivity index (χ1) is 11.1. The minimum absolute atomic E-state index is 0. The van der Waals surface area contributed by atoms with Crippen molar-refractivity contribution >= 4 is 41.2 Å². The fraction of sp³-hybridized carbons (Fsp3) is 0.312. The second-order valence-corrected chi connectivity index (χ2v) is 5.95. The van der Waals surface area contributed by atoms with Gasteiger partial charge in [-0.15, -0.1) is 23.7 Å². The lowest BCUT2D eigenvalue weighted by molar-refractivity contribution is -0.116. The number of carbonyl (C=O) groups excluding carboxylic acids is 2. The molecule has 24 heavy (non-hydrogen) atoms. The van der Waals surface area contributed by atoms with Crippen LogP contribution in [-0.2, 0) is 17.9 Å². The Balaban J connectivity index is 0.00000288. The summed E-state index contributed by atoms with van der Waals surface area (Å²) in [6.07, 6.45) is 1.33. The predicted molar refractivity (Wildman–Crippen MR) is 98.4 cm³/mol. The van der Waals surface area contributed by atoms with Gasteiger partial charge in [-0.05, 0) is 24.1 Å². The van der Waals surface area contributed by atoms with Gasteiger partial charge in [0.05, 0.1) is 0 Å². The van der Waals surface area contributed by atoms with E-state index in [0.717, 1.165) is 22.7 Å². The number of rotatable bonds is 7. The van der Waals surface area contributed by atoms with Crippen molar-refractivity contribution in [1.29, 1.82) is 0 Å². The Labute approximate surface area is 151 Å². The zero-order valence-electron chi connectivity index (χ0n) is 13.4. The normalized spacial score (nSPS) is 9.92. The van der Waals surface area contributed by atoms with Crippen molar-refractivity contribution in [3.05, 3.63) is 45.9 Å². The molecule has 0 saturated heterocycles. The number of nitrogens with two attached hydrogens (primary N) is 1. The Morgan fingerprint density at radius 2 is 1.96 bits per heavy atom. The predicted octanol–water partition coefficient (Wildman–Crippen LogP) is 2.69. The molecule has 0 spiro atoms. The van der Waals surface area contributed by atoms with Crippen molar-refractivity contribution < 1.29 is 9.59 Å². The maximum atomic E-state index is 12.0. The van der Waals surface area contributed by atoms with Gasteiger partial charge in [-0.1, -0.05) is 19.1 Å². The molecule has 0 aliphatic heterocycles. The van der Waals surface area contributed by atoms with Crippen molar-refractivity contribution in [3.63, 3.8) is 0 Å². The topological polar surface area (TPSA) is 97.1 Å². The number of benzene rings is 1. The third-order valence-electron chi connectivity index (χ3n) is 3.13. The van der Waals surface area contributed by atoms with E-state index in [0.29, 0.717) is 25.2 Å². The van der Waals surface area contributed by atoms with E-state index < -0.39 is 0 Å². The number of aromatic nitrogens is 1. The summed E-state index contributed by atoms with van der Waals surface area (Å²) in [5.74, 6) is -0.214. The molecule has 1 heterocycles. The Morgan fingerprint density at radius 3 is 2.54 bits per heavy atom. The minimum atomic E-state index is -0.221. The van der Waals surface area contributed by atoms with E-state index in [4.69, 9.17) is 5.73 Å². The van der Waals surface area contributed by atoms with E-state index in [1.807, 2.05) is 31.2 Å². The lowest BCUT2D eigenvalue weighted by Crippen LogP contribution is -2.23. The summed E-state index contributed by atoms with van der Waals surface area (Å²) in [5.41, 5.74) is 7.57. The maximum Gasteiger partial charge on any atom is 0.271 e. The van der Waals surface area contributed by atoms with E-state index in [1.54, 1.807) is 5.38 Å². The fourth-order valence-electron chi connectivity index (χ4n) is 1.94. The first-order valence-corrected chi connectivity index (χ1v) is 8.31. The molecule has 1 aromatic heterocycles. The van der Waals surface area contributed by atoms with Crippen LogP contribution >= 0.6 is 23.7 Å². The number of amides is 2. The third-order valence-corrected chi connectivity index (χ3v) is 4.00. The molecule has 0 aliphatic rings. The summed E-state index contributed by atoms with van der Waals surface area (Å²) in [4.78, 5) is 27.6. The number of hydrogen-bond donors (Lipinski definition) is 3. The van der Waals surface area contributed by atoms with Gasteiger partial charge in [-0.25, -0.2) is 4.98 Å². The lowest BCUT2D eigenvalue weighted by atomic mass is 10.2. The van der Waals surface area contributed by atoms with Gasteiger partial charge in [0.15, 0.2) is 0 Å². The zero-order chi connectivity index (χ0) is 16.7. The Bertz CT molecular complexity index is 673. The molecule has 2 aromatic rings. The van der Waals surface area contributed by atoms with E-state index in [-0.39, 0.29) is 24.2 Å². The third kappa shape index (κ3) is 5.92. The zero-order valence-corrected chi connectivity index (χ0v) is 15.0. The molecule has 2 rings (SSSR count). The highest BCUT2D eigenvalue weighted by molar-refractivity contribution is 7.09. The van der Waals surface area contributed by atoms with Gasteiger partial charge >= 0.3 is 0 Å². The summed E-state index contributed by atoms with van der Waals surface area (Å²) in [6, 6.07) is 7.39. The molecule has 8 heteroatoms. The number of nitrogens with one attached hydrogen (secondary N) is 2. The van der Waals surface area contributed by atoms with E-state index in [9.17, 15) is 9.59 Å². The molecule has 2 amide bonds. The van der Waals surface area contributed by atoms with E-state index in [2.05, 4.69) is 15.6 Å². The van der Waals surface area contributed by atoms with Gasteiger partial charge < -0.3 is 16.4 Å². The largest absolute Gasteiger partial charge is 0.347 e. The summed E-state index contributed by atoms with van der Waals surface area (Å²) < 4.78 is 0. The van der Waals surface area contributed by atoms with Gasteiger partial charge in [-0.3, -0.25) is 9.59 Å². The van der Waals surface area contributed by atoms with Crippen molar-refractivity contribution in [2.24, 2.45) is 5.73 Å². The highest BCUT2D eigenvalue weighted by Gasteiger charge is 2.09. The van der Waals surface area contributed by atoms with Crippen LogP contribution in [0.1, 0.15) is 40.8 Å². The molecule has 0 radical (unpaired) electrons. The van der Waals surface area contributed by atoms with Crippen LogP contribution in [-0.4, -0.2) is 16.8 Å². The van der Waals surface area contributed by atoms with Crippen LogP contribution < -0.4 is 16.4 Å². The molecule has 0 aliphatic carbocycles. The molecule has 0 unspecified atom stereocenters. The van der Waals surface area contributed by atoms with E-state index >= 15 is 0 Å². The maximum absolute atomic E-state index is 12.0. The molecule has 4 N–H and O–H groups in total. The van der Waals surface area contributed by atoms with Crippen molar-refractivity contribution in [2.75, 3.05) is 5.32 Å². The molecule has 0 saturated carbocycles. The molecular weight excluding hydrogens is 348 g/mol. The first-order valence-electron chi connectivity index (χ1n) is 7.43. The summed E-state index contributed by atoms with van der Waals surface area (Å²) in [6.45, 7) is 2.70. The van der Waals surface area contributed by atoms with Gasteiger partial charge in [0.2, 0.25) is 5.91 Å². The smallest absolute Gasteiger partial charge is 0.271 e. The lowest BCUT2D eigenvalue weighted by Gasteiger charge is -2.07. The molecule has 0 fully saturated rings. The molecule has 1 aromatic carbocycles. The summed E-state index contributed by atoms with van der Waals surface area (Å²) in [7, 11) is 0. The minimum Gasteiger partial charge on any atom is -0.347 e. The van der Waals surface area contributed by atoms with Gasteiger partial charge in [0.1, 0.15) is 10.7 Å². The van der Waals surface area contributed by atoms with E-state index in [1.165, 1.54) is 11.3 Å². The highest BCUT2D eigenvalue weighted by atomic mass is 35.5. The number of thiazole rings is 1. The number of halogens is 1. The Kier molecular flexibility index (Phi) is 8.39. The van der Waals surface area contributed by atoms with Crippen LogP contribution in [0.25, 0.3) is 0 Å². The van der Waals surface area contributed by atoms with Crippen LogP contribution in [0.3, 0.4) is 0 Å². The van der Waals surface area contributed by atoms with Crippen molar-refractivity contribution in [3.8, 4) is 0 Å². The van der Waals surface area contributed by atoms with Gasteiger partial charge in [0, 0.05) is 30.6 Å². The van der Waals surface area contributed by atoms with Crippen LogP contribution in [0.4, 0.5) is 5.69 Å². The fourth-order valence-corrected chi connectivity index (χ4v) is 2.59. The molecule has 6 nitrogen and oxygen atoms in total. The molecule has 130 valence electrons. The standard InChI is InChI=1S/C16H20N4O2S.ClH/c1-2-3-14(21)19-12-6-4-11(5-7-12)9-18-16(22)13-10-23-15(8-17)20-13;/h4-7,10H,2-3,8-9,17H2,1H3,(H,18,22)(H,19,21);1H. The van der Waals surface area contributed by atoms with Gasteiger partial charge in [0.25, 0.3) is 5.91 Å². The van der Waals surface area contributed by atoms with Gasteiger partial charge in [-0.2, -0.15) is 0 Å². The number of carbonyl (C=O) groups is 2. The monoisotopic (exact) mass is 368 g/mol. The Hall–Kier alpha value is -1.96. The SMILES string of the molecule is CCCC(=O)Nc1ccc(CNC(=O)c2csc(CN)n2)cc1.Cl. The molecule has 0 bridgehead atoms. The molecule has 0 atom stereocenters. The second kappa shape index (κ2) is 10.0. The first kappa shape index (κ1) is 20.1. The highest BCUT2D eigenvalue weighted by Crippen LogP contribution is 2.11. The number of anilines is 1. The quantitative estimate of drug-likeness (QED) is 0.699. The average molecular weight is 369 g/mol.